The molecule has 0 radical (unpaired) electrons. The van der Waals surface area contributed by atoms with Gasteiger partial charge in [-0.15, -0.1) is 0 Å². The summed E-state index contributed by atoms with van der Waals surface area (Å²) < 4.78 is 30.0. The molecule has 0 atom stereocenters. The van der Waals surface area contributed by atoms with Crippen molar-refractivity contribution >= 4 is 15.7 Å². The number of methoxy groups -OCH3 is 1. The van der Waals surface area contributed by atoms with Gasteiger partial charge in [-0.05, 0) is 29.7 Å². The summed E-state index contributed by atoms with van der Waals surface area (Å²) in [5.41, 5.74) is 1.53. The zero-order valence-electron chi connectivity index (χ0n) is 9.94. The molecule has 90 valence electrons. The lowest BCUT2D eigenvalue weighted by atomic mass is 10.0. The third-order valence-electron chi connectivity index (χ3n) is 2.18. The summed E-state index contributed by atoms with van der Waals surface area (Å²) in [7, 11) is -1.66. The first kappa shape index (κ1) is 12.8. The van der Waals surface area contributed by atoms with Crippen molar-refractivity contribution in [3.8, 4) is 5.75 Å². The van der Waals surface area contributed by atoms with E-state index in [1.54, 1.807) is 19.2 Å². The molecule has 0 fully saturated rings. The van der Waals surface area contributed by atoms with E-state index < -0.39 is 10.0 Å². The molecule has 1 rings (SSSR count). The molecule has 0 aliphatic rings. The Balaban J connectivity index is 3.18. The number of benzene rings is 1. The Morgan fingerprint density at radius 1 is 1.31 bits per heavy atom. The van der Waals surface area contributed by atoms with E-state index in [2.05, 4.69) is 4.72 Å². The molecule has 0 unspecified atom stereocenters. The number of ether oxygens (including phenoxy) is 1. The Bertz CT molecular complexity index is 466. The van der Waals surface area contributed by atoms with E-state index in [0.717, 1.165) is 17.6 Å². The van der Waals surface area contributed by atoms with Crippen LogP contribution in [0.1, 0.15) is 25.3 Å². The van der Waals surface area contributed by atoms with Crippen molar-refractivity contribution in [1.29, 1.82) is 0 Å². The maximum Gasteiger partial charge on any atom is 0.229 e. The van der Waals surface area contributed by atoms with Gasteiger partial charge in [0.2, 0.25) is 10.0 Å². The lowest BCUT2D eigenvalue weighted by Crippen LogP contribution is -2.11. The van der Waals surface area contributed by atoms with Crippen LogP contribution in [0.2, 0.25) is 0 Å². The average Bonchev–Trinajstić information content (AvgIpc) is 2.15. The van der Waals surface area contributed by atoms with E-state index in [9.17, 15) is 8.42 Å². The van der Waals surface area contributed by atoms with E-state index in [4.69, 9.17) is 4.74 Å². The SMILES string of the molecule is COc1ccc(NS(C)(=O)=O)c(C(C)C)c1. The Morgan fingerprint density at radius 3 is 2.38 bits per heavy atom. The number of hydrogen-bond donors (Lipinski definition) is 1. The van der Waals surface area contributed by atoms with Crippen LogP contribution in [0, 0.1) is 0 Å². The molecule has 5 heteroatoms. The van der Waals surface area contributed by atoms with Crippen LogP contribution < -0.4 is 9.46 Å². The number of sulfonamides is 1. The van der Waals surface area contributed by atoms with Gasteiger partial charge in [-0.25, -0.2) is 8.42 Å². The second kappa shape index (κ2) is 4.74. The summed E-state index contributed by atoms with van der Waals surface area (Å²) in [6.07, 6.45) is 1.14. The fourth-order valence-electron chi connectivity index (χ4n) is 1.44. The average molecular weight is 243 g/mol. The molecule has 0 bridgehead atoms. The van der Waals surface area contributed by atoms with Crippen LogP contribution >= 0.6 is 0 Å². The highest BCUT2D eigenvalue weighted by atomic mass is 32.2. The smallest absolute Gasteiger partial charge is 0.229 e. The number of rotatable bonds is 4. The largest absolute Gasteiger partial charge is 0.497 e. The normalized spacial score (nSPS) is 11.6. The van der Waals surface area contributed by atoms with Crippen LogP contribution in [-0.4, -0.2) is 21.8 Å². The van der Waals surface area contributed by atoms with E-state index >= 15 is 0 Å². The van der Waals surface area contributed by atoms with Gasteiger partial charge in [0.05, 0.1) is 19.1 Å². The van der Waals surface area contributed by atoms with Crippen LogP contribution in [0.3, 0.4) is 0 Å². The highest BCUT2D eigenvalue weighted by Gasteiger charge is 2.11. The van der Waals surface area contributed by atoms with Gasteiger partial charge >= 0.3 is 0 Å². The van der Waals surface area contributed by atoms with Crippen molar-refractivity contribution in [3.63, 3.8) is 0 Å². The summed E-state index contributed by atoms with van der Waals surface area (Å²) in [6.45, 7) is 4.00. The molecule has 0 spiro atoms. The monoisotopic (exact) mass is 243 g/mol. The zero-order valence-corrected chi connectivity index (χ0v) is 10.8. The number of nitrogens with one attached hydrogen (secondary N) is 1. The summed E-state index contributed by atoms with van der Waals surface area (Å²) in [4.78, 5) is 0. The molecule has 1 N–H and O–H groups in total. The molecule has 0 heterocycles. The first-order valence-electron chi connectivity index (χ1n) is 4.99. The fourth-order valence-corrected chi connectivity index (χ4v) is 2.02. The second-order valence-electron chi connectivity index (χ2n) is 3.98. The molecule has 4 nitrogen and oxygen atoms in total. The Morgan fingerprint density at radius 2 is 1.94 bits per heavy atom. The van der Waals surface area contributed by atoms with Crippen LogP contribution in [0.25, 0.3) is 0 Å². The maximum absolute atomic E-state index is 11.2. The molecule has 16 heavy (non-hydrogen) atoms. The van der Waals surface area contributed by atoms with Gasteiger partial charge in [-0.2, -0.15) is 0 Å². The van der Waals surface area contributed by atoms with Gasteiger partial charge in [0.25, 0.3) is 0 Å². The Hall–Kier alpha value is -1.23. The zero-order chi connectivity index (χ0) is 12.3. The van der Waals surface area contributed by atoms with E-state index in [1.807, 2.05) is 19.9 Å². The van der Waals surface area contributed by atoms with Gasteiger partial charge in [-0.3, -0.25) is 4.72 Å². The molecule has 1 aromatic carbocycles. The van der Waals surface area contributed by atoms with Gasteiger partial charge in [0.1, 0.15) is 5.75 Å². The van der Waals surface area contributed by atoms with Crippen molar-refractivity contribution in [2.24, 2.45) is 0 Å². The predicted molar refractivity (Wildman–Crippen MR) is 65.5 cm³/mol. The molecule has 0 aromatic heterocycles. The highest BCUT2D eigenvalue weighted by molar-refractivity contribution is 7.92. The quantitative estimate of drug-likeness (QED) is 0.882. The summed E-state index contributed by atoms with van der Waals surface area (Å²) in [5.74, 6) is 0.946. The van der Waals surface area contributed by atoms with Gasteiger partial charge in [-0.1, -0.05) is 13.8 Å². The lowest BCUT2D eigenvalue weighted by Gasteiger charge is -2.14. The molecule has 0 aliphatic heterocycles. The minimum absolute atomic E-state index is 0.222. The summed E-state index contributed by atoms with van der Waals surface area (Å²) in [6, 6.07) is 5.30. The lowest BCUT2D eigenvalue weighted by molar-refractivity contribution is 0.414. The van der Waals surface area contributed by atoms with Crippen LogP contribution in [0.5, 0.6) is 5.75 Å². The van der Waals surface area contributed by atoms with E-state index in [-0.39, 0.29) is 5.92 Å². The topological polar surface area (TPSA) is 55.4 Å². The first-order valence-corrected chi connectivity index (χ1v) is 6.88. The van der Waals surface area contributed by atoms with Gasteiger partial charge < -0.3 is 4.74 Å². The third kappa shape index (κ3) is 3.41. The second-order valence-corrected chi connectivity index (χ2v) is 5.73. The van der Waals surface area contributed by atoms with Crippen LogP contribution in [-0.2, 0) is 10.0 Å². The highest BCUT2D eigenvalue weighted by Crippen LogP contribution is 2.28. The molecule has 0 saturated carbocycles. The predicted octanol–water partition coefficient (Wildman–Crippen LogP) is 2.19. The van der Waals surface area contributed by atoms with Crippen molar-refractivity contribution in [2.75, 3.05) is 18.1 Å². The Labute approximate surface area is 96.7 Å². The summed E-state index contributed by atoms with van der Waals surface area (Å²) >= 11 is 0. The fraction of sp³-hybridized carbons (Fsp3) is 0.455. The first-order chi connectivity index (χ1) is 7.33. The van der Waals surface area contributed by atoms with Crippen molar-refractivity contribution in [3.05, 3.63) is 23.8 Å². The molecule has 0 aliphatic carbocycles. The van der Waals surface area contributed by atoms with Gasteiger partial charge in [0, 0.05) is 0 Å². The van der Waals surface area contributed by atoms with Crippen molar-refractivity contribution in [2.45, 2.75) is 19.8 Å². The number of anilines is 1. The Kier molecular flexibility index (Phi) is 3.80. The van der Waals surface area contributed by atoms with Crippen LogP contribution in [0.15, 0.2) is 18.2 Å². The summed E-state index contributed by atoms with van der Waals surface area (Å²) in [5, 5.41) is 0. The van der Waals surface area contributed by atoms with Crippen LogP contribution in [0.4, 0.5) is 5.69 Å². The van der Waals surface area contributed by atoms with E-state index in [0.29, 0.717) is 5.69 Å². The van der Waals surface area contributed by atoms with Gasteiger partial charge in [0.15, 0.2) is 0 Å². The minimum atomic E-state index is -3.24. The molecule has 0 saturated heterocycles. The maximum atomic E-state index is 11.2. The number of hydrogen-bond acceptors (Lipinski definition) is 3. The minimum Gasteiger partial charge on any atom is -0.497 e. The van der Waals surface area contributed by atoms with Crippen molar-refractivity contribution in [1.82, 2.24) is 0 Å². The molecular formula is C11H17NO3S. The molecule has 1 aromatic rings. The third-order valence-corrected chi connectivity index (χ3v) is 2.77. The van der Waals surface area contributed by atoms with Crippen molar-refractivity contribution < 1.29 is 13.2 Å². The van der Waals surface area contributed by atoms with E-state index in [1.165, 1.54) is 0 Å². The standard InChI is InChI=1S/C11H17NO3S/c1-8(2)10-7-9(15-3)5-6-11(10)12-16(4,13)14/h5-8,12H,1-4H3. The molecular weight excluding hydrogens is 226 g/mol. The molecule has 0 amide bonds.